The first kappa shape index (κ1) is 44.2. The van der Waals surface area contributed by atoms with Gasteiger partial charge in [0.05, 0.1) is 62.3 Å². The molecule has 4 heterocycles. The number of H-pyrrole nitrogens is 2. The molecule has 2 aliphatic rings. The average Bonchev–Trinajstić information content (AvgIpc) is 3.92. The normalized spacial score (nSPS) is 16.6. The third-order valence-corrected chi connectivity index (χ3v) is 11.5. The second-order valence-electron chi connectivity index (χ2n) is 19.1. The number of rotatable bonds is 11. The van der Waals surface area contributed by atoms with E-state index < -0.39 is 33.7 Å². The number of amides is 4. The van der Waals surface area contributed by atoms with Crippen LogP contribution in [0.5, 0.6) is 0 Å². The standard InChI is InChI=1S/C46H62N8O6/c1-43(2,3)35(51-39(55)45(7,8)41(57)53-19-23-59-24-20-53)37-47-27-33(49-37)31-15-11-29(12-16-31)30-13-17-32(18-14-30)34-28-48-38(50-34)36(44(4,5)6)52-40(56)46(9,10)42(58)54-21-25-60-26-22-54/h11-18,27-28,35-36H,19-26H2,1-10H3,(H,47,49)(H,48,50)(H,51,55)(H,52,56)/t35-,36-/m1/s1. The first-order valence-corrected chi connectivity index (χ1v) is 20.8. The molecule has 14 nitrogen and oxygen atoms in total. The fraction of sp³-hybridized carbons (Fsp3) is 0.522. The predicted molar refractivity (Wildman–Crippen MR) is 230 cm³/mol. The second kappa shape index (κ2) is 17.3. The maximum atomic E-state index is 13.7. The molecule has 0 radical (unpaired) electrons. The minimum Gasteiger partial charge on any atom is -0.378 e. The van der Waals surface area contributed by atoms with E-state index >= 15 is 0 Å². The summed E-state index contributed by atoms with van der Waals surface area (Å²) in [6, 6.07) is 15.4. The highest BCUT2D eigenvalue weighted by molar-refractivity contribution is 6.05. The van der Waals surface area contributed by atoms with Gasteiger partial charge in [0.2, 0.25) is 23.6 Å². The third kappa shape index (κ3) is 9.65. The number of morpholine rings is 2. The summed E-state index contributed by atoms with van der Waals surface area (Å²) < 4.78 is 10.8. The molecule has 2 aromatic heterocycles. The topological polar surface area (TPSA) is 175 Å². The van der Waals surface area contributed by atoms with E-state index in [1.54, 1.807) is 49.9 Å². The summed E-state index contributed by atoms with van der Waals surface area (Å²) in [5.41, 5.74) is 2.25. The molecule has 2 aromatic carbocycles. The summed E-state index contributed by atoms with van der Waals surface area (Å²) in [6.45, 7) is 22.6. The molecule has 2 saturated heterocycles. The number of aromatic nitrogens is 4. The molecule has 0 unspecified atom stereocenters. The molecule has 4 aromatic rings. The molecule has 14 heteroatoms. The lowest BCUT2D eigenvalue weighted by molar-refractivity contribution is -0.153. The van der Waals surface area contributed by atoms with E-state index in [2.05, 4.69) is 44.9 Å². The lowest BCUT2D eigenvalue weighted by Gasteiger charge is -2.36. The Balaban J connectivity index is 1.12. The third-order valence-electron chi connectivity index (χ3n) is 11.5. The molecular weight excluding hydrogens is 761 g/mol. The van der Waals surface area contributed by atoms with Crippen LogP contribution in [-0.2, 0) is 28.7 Å². The lowest BCUT2D eigenvalue weighted by atomic mass is 9.84. The van der Waals surface area contributed by atoms with Crippen LogP contribution in [0.4, 0.5) is 0 Å². The number of carbonyl (C=O) groups excluding carboxylic acids is 4. The van der Waals surface area contributed by atoms with Gasteiger partial charge in [0.1, 0.15) is 22.5 Å². The smallest absolute Gasteiger partial charge is 0.237 e. The summed E-state index contributed by atoms with van der Waals surface area (Å²) in [5, 5.41) is 6.27. The molecule has 2 aliphatic heterocycles. The van der Waals surface area contributed by atoms with Gasteiger partial charge in [-0.05, 0) is 60.8 Å². The number of carbonyl (C=O) groups is 4. The zero-order chi connectivity index (χ0) is 43.6. The maximum absolute atomic E-state index is 13.7. The number of nitrogens with zero attached hydrogens (tertiary/aromatic N) is 4. The molecule has 0 aliphatic carbocycles. The van der Waals surface area contributed by atoms with Crippen LogP contribution in [0.15, 0.2) is 60.9 Å². The molecule has 322 valence electrons. The SMILES string of the molecule is CC(C)(C(=O)N[C@H](c1ncc(-c2ccc(-c3ccc(-c4cnc([C@@H](NC(=O)C(C)(C)C(=O)N5CCOCC5)C(C)(C)C)[nH]4)cc3)cc2)[nH]1)C(C)(C)C)C(=O)N1CCOCC1. The summed E-state index contributed by atoms with van der Waals surface area (Å²) in [4.78, 5) is 73.7. The van der Waals surface area contributed by atoms with Crippen molar-refractivity contribution in [1.82, 2.24) is 40.4 Å². The van der Waals surface area contributed by atoms with E-state index in [0.717, 1.165) is 33.6 Å². The Morgan fingerprint density at radius 2 is 0.833 bits per heavy atom. The highest BCUT2D eigenvalue weighted by Gasteiger charge is 2.44. The lowest BCUT2D eigenvalue weighted by Crippen LogP contribution is -2.53. The van der Waals surface area contributed by atoms with Crippen LogP contribution in [0.3, 0.4) is 0 Å². The molecule has 60 heavy (non-hydrogen) atoms. The van der Waals surface area contributed by atoms with E-state index in [-0.39, 0.29) is 23.6 Å². The van der Waals surface area contributed by atoms with Crippen LogP contribution in [0.2, 0.25) is 0 Å². The van der Waals surface area contributed by atoms with Gasteiger partial charge in [-0.2, -0.15) is 0 Å². The summed E-state index contributed by atoms with van der Waals surface area (Å²) in [6.07, 6.45) is 3.54. The molecule has 0 bridgehead atoms. The van der Waals surface area contributed by atoms with Gasteiger partial charge in [0.15, 0.2) is 0 Å². The predicted octanol–water partition coefficient (Wildman–Crippen LogP) is 6.31. The van der Waals surface area contributed by atoms with Crippen molar-refractivity contribution in [2.24, 2.45) is 21.7 Å². The molecule has 4 N–H and O–H groups in total. The molecule has 4 amide bonds. The van der Waals surface area contributed by atoms with Gasteiger partial charge in [-0.25, -0.2) is 9.97 Å². The molecule has 0 spiro atoms. The van der Waals surface area contributed by atoms with Crippen molar-refractivity contribution < 1.29 is 28.7 Å². The van der Waals surface area contributed by atoms with Crippen molar-refractivity contribution in [3.05, 3.63) is 72.6 Å². The molecule has 2 atom stereocenters. The molecule has 6 rings (SSSR count). The average molecular weight is 823 g/mol. The second-order valence-corrected chi connectivity index (χ2v) is 19.1. The number of ether oxygens (including phenoxy) is 2. The number of imidazole rings is 2. The van der Waals surface area contributed by atoms with Crippen molar-refractivity contribution in [2.75, 3.05) is 52.6 Å². The zero-order valence-electron chi connectivity index (χ0n) is 36.8. The van der Waals surface area contributed by atoms with Gasteiger partial charge in [-0.3, -0.25) is 19.2 Å². The Bertz CT molecular complexity index is 1990. The number of hydrogen-bond donors (Lipinski definition) is 4. The summed E-state index contributed by atoms with van der Waals surface area (Å²) in [5.74, 6) is 0.0936. The van der Waals surface area contributed by atoms with Gasteiger partial charge >= 0.3 is 0 Å². The van der Waals surface area contributed by atoms with Crippen LogP contribution in [-0.4, -0.2) is 106 Å². The van der Waals surface area contributed by atoms with Crippen molar-refractivity contribution in [3.63, 3.8) is 0 Å². The van der Waals surface area contributed by atoms with Gasteiger partial charge in [0, 0.05) is 26.2 Å². The van der Waals surface area contributed by atoms with E-state index in [1.165, 1.54) is 0 Å². The Morgan fingerprint density at radius 1 is 0.533 bits per heavy atom. The molecule has 2 fully saturated rings. The zero-order valence-corrected chi connectivity index (χ0v) is 36.8. The summed E-state index contributed by atoms with van der Waals surface area (Å²) >= 11 is 0. The fourth-order valence-corrected chi connectivity index (χ4v) is 7.48. The van der Waals surface area contributed by atoms with Crippen LogP contribution in [0, 0.1) is 21.7 Å². The van der Waals surface area contributed by atoms with Crippen LogP contribution < -0.4 is 10.6 Å². The van der Waals surface area contributed by atoms with Gasteiger partial charge < -0.3 is 39.9 Å². The van der Waals surface area contributed by atoms with Crippen molar-refractivity contribution >= 4 is 23.6 Å². The van der Waals surface area contributed by atoms with Crippen LogP contribution in [0.25, 0.3) is 33.6 Å². The number of benzene rings is 2. The monoisotopic (exact) mass is 822 g/mol. The van der Waals surface area contributed by atoms with E-state index in [1.807, 2.05) is 65.8 Å². The van der Waals surface area contributed by atoms with Crippen LogP contribution in [0.1, 0.15) is 93.0 Å². The first-order chi connectivity index (χ1) is 28.2. The summed E-state index contributed by atoms with van der Waals surface area (Å²) in [7, 11) is 0. The van der Waals surface area contributed by atoms with E-state index in [9.17, 15) is 19.2 Å². The fourth-order valence-electron chi connectivity index (χ4n) is 7.48. The highest BCUT2D eigenvalue weighted by Crippen LogP contribution is 2.36. The number of hydrogen-bond acceptors (Lipinski definition) is 8. The van der Waals surface area contributed by atoms with Gasteiger partial charge in [0.25, 0.3) is 0 Å². The molecule has 0 saturated carbocycles. The van der Waals surface area contributed by atoms with E-state index in [0.29, 0.717) is 64.3 Å². The van der Waals surface area contributed by atoms with Crippen molar-refractivity contribution in [1.29, 1.82) is 0 Å². The highest BCUT2D eigenvalue weighted by atomic mass is 16.5. The first-order valence-electron chi connectivity index (χ1n) is 20.8. The Hall–Kier alpha value is -5.34. The Labute approximate surface area is 353 Å². The largest absolute Gasteiger partial charge is 0.378 e. The van der Waals surface area contributed by atoms with Crippen molar-refractivity contribution in [2.45, 2.75) is 81.3 Å². The Morgan fingerprint density at radius 3 is 1.13 bits per heavy atom. The van der Waals surface area contributed by atoms with Gasteiger partial charge in [-0.1, -0.05) is 90.1 Å². The minimum absolute atomic E-state index is 0.215. The Kier molecular flexibility index (Phi) is 12.8. The number of nitrogens with one attached hydrogen (secondary N) is 4. The van der Waals surface area contributed by atoms with E-state index in [4.69, 9.17) is 19.4 Å². The van der Waals surface area contributed by atoms with Crippen LogP contribution >= 0.6 is 0 Å². The maximum Gasteiger partial charge on any atom is 0.237 e. The minimum atomic E-state index is -1.26. The quantitative estimate of drug-likeness (QED) is 0.127. The number of aromatic amines is 2. The molecular formula is C46H62N8O6. The van der Waals surface area contributed by atoms with Gasteiger partial charge in [-0.15, -0.1) is 0 Å². The van der Waals surface area contributed by atoms with Crippen molar-refractivity contribution in [3.8, 4) is 33.6 Å².